The molecule has 1 aromatic carbocycles. The van der Waals surface area contributed by atoms with Crippen molar-refractivity contribution in [3.05, 3.63) is 53.3 Å². The van der Waals surface area contributed by atoms with E-state index in [-0.39, 0.29) is 56.5 Å². The number of anilines is 1. The molecule has 2 N–H and O–H groups in total. The Morgan fingerprint density at radius 2 is 1.73 bits per heavy atom. The average Bonchev–Trinajstić information content (AvgIpc) is 3.25. The van der Waals surface area contributed by atoms with E-state index in [2.05, 4.69) is 10.3 Å². The number of pyridine rings is 1. The van der Waals surface area contributed by atoms with E-state index < -0.39 is 46.8 Å². The molecule has 10 nitrogen and oxygen atoms in total. The molecule has 16 heteroatoms. The van der Waals surface area contributed by atoms with Crippen molar-refractivity contribution in [1.29, 1.82) is 0 Å². The van der Waals surface area contributed by atoms with Crippen LogP contribution in [0.1, 0.15) is 57.4 Å². The number of carbonyl (C=O) groups excluding carboxylic acids is 3. The van der Waals surface area contributed by atoms with Crippen LogP contribution in [0.25, 0.3) is 0 Å². The van der Waals surface area contributed by atoms with Crippen molar-refractivity contribution < 1.29 is 50.6 Å². The molecule has 3 amide bonds. The zero-order valence-corrected chi connectivity index (χ0v) is 27.0. The van der Waals surface area contributed by atoms with Crippen molar-refractivity contribution in [2.45, 2.75) is 76.6 Å². The van der Waals surface area contributed by atoms with Crippen molar-refractivity contribution in [3.63, 3.8) is 0 Å². The number of hydrogen-bond donors (Lipinski definition) is 2. The third-order valence-electron chi connectivity index (χ3n) is 8.41. The van der Waals surface area contributed by atoms with Crippen LogP contribution < -0.4 is 15.0 Å². The fraction of sp³-hybridized carbons (Fsp3) is 0.562. The molecular weight excluding hydrogens is 648 g/mol. The van der Waals surface area contributed by atoms with Crippen molar-refractivity contribution in [2.24, 2.45) is 0 Å². The minimum atomic E-state index is -6.00. The molecule has 3 heterocycles. The van der Waals surface area contributed by atoms with Gasteiger partial charge in [0.25, 0.3) is 11.5 Å². The fourth-order valence-electron chi connectivity index (χ4n) is 6.00. The third-order valence-corrected chi connectivity index (χ3v) is 8.41. The second-order valence-electron chi connectivity index (χ2n) is 12.4. The lowest BCUT2D eigenvalue weighted by Crippen LogP contribution is -2.64. The molecule has 1 aromatic heterocycles. The van der Waals surface area contributed by atoms with Crippen LogP contribution in [-0.2, 0) is 31.9 Å². The van der Waals surface area contributed by atoms with Crippen molar-refractivity contribution in [3.8, 4) is 5.75 Å². The van der Waals surface area contributed by atoms with E-state index in [0.29, 0.717) is 36.9 Å². The van der Waals surface area contributed by atoms with E-state index in [1.165, 1.54) is 18.0 Å². The number of aromatic nitrogens is 1. The summed E-state index contributed by atoms with van der Waals surface area (Å²) in [7, 11) is 0. The molecule has 0 bridgehead atoms. The summed E-state index contributed by atoms with van der Waals surface area (Å²) in [5.74, 6) is -0.957. The molecule has 2 saturated heterocycles. The lowest BCUT2D eigenvalue weighted by atomic mass is 9.89. The number of piperazine rings is 1. The number of ether oxygens (including phenoxy) is 1. The van der Waals surface area contributed by atoms with Crippen molar-refractivity contribution in [1.82, 2.24) is 20.1 Å². The number of aliphatic hydroxyl groups is 1. The molecule has 264 valence electrons. The van der Waals surface area contributed by atoms with Crippen LogP contribution in [0.5, 0.6) is 5.75 Å². The molecule has 0 spiro atoms. The van der Waals surface area contributed by atoms with Crippen LogP contribution in [0, 0.1) is 0 Å². The first kappa shape index (κ1) is 36.8. The van der Waals surface area contributed by atoms with E-state index >= 15 is 0 Å². The number of benzene rings is 1. The van der Waals surface area contributed by atoms with Gasteiger partial charge in [0.1, 0.15) is 18.8 Å². The second kappa shape index (κ2) is 13.8. The Balaban J connectivity index is 1.49. The van der Waals surface area contributed by atoms with Gasteiger partial charge >= 0.3 is 12.4 Å². The third kappa shape index (κ3) is 7.32. The fourth-order valence-corrected chi connectivity index (χ4v) is 6.00. The Bertz CT molecular complexity index is 1490. The van der Waals surface area contributed by atoms with Gasteiger partial charge in [0.2, 0.25) is 11.8 Å². The smallest absolute Gasteiger partial charge is 0.430 e. The molecular formula is C32H39F6N5O5. The maximum Gasteiger partial charge on any atom is 0.430 e. The van der Waals surface area contributed by atoms with Crippen molar-refractivity contribution >= 4 is 23.4 Å². The largest absolute Gasteiger partial charge is 0.489 e. The van der Waals surface area contributed by atoms with Crippen molar-refractivity contribution in [2.75, 3.05) is 44.2 Å². The summed E-state index contributed by atoms with van der Waals surface area (Å²) in [5, 5.41) is 12.6. The quantitative estimate of drug-likeness (QED) is 0.383. The summed E-state index contributed by atoms with van der Waals surface area (Å²) < 4.78 is 86.9. The number of alkyl halides is 6. The van der Waals surface area contributed by atoms with Gasteiger partial charge in [-0.15, -0.1) is 0 Å². The molecule has 4 rings (SSSR count). The van der Waals surface area contributed by atoms with Gasteiger partial charge in [0.05, 0.1) is 18.0 Å². The summed E-state index contributed by atoms with van der Waals surface area (Å²) in [4.78, 5) is 48.5. The van der Waals surface area contributed by atoms with Gasteiger partial charge in [-0.2, -0.15) is 26.3 Å². The standard InChI is InChI=1S/C32H39F6N5O5/c1-5-7-21-16-22(30(47,31(33,34)35)32(36,37)38)8-10-24(21)41-12-6-13-42(15-14-41)27(45)19-43-18-26(44)40-29(4,28(43)46)25-11-9-23(17-39-25)48-20(2)3/h8-11,16-17,20,47H,5-7,12-15,18-19H2,1-4H3,(H,40,44)/t29-/m1/s1. The summed E-state index contributed by atoms with van der Waals surface area (Å²) in [6.07, 6.45) is -9.69. The van der Waals surface area contributed by atoms with Crippen LogP contribution in [0.2, 0.25) is 0 Å². The number of aryl methyl sites for hydroxylation is 1. The molecule has 2 aliphatic rings. The van der Waals surface area contributed by atoms with Gasteiger partial charge in [-0.05, 0) is 57.4 Å². The van der Waals surface area contributed by atoms with Crippen LogP contribution in [0.3, 0.4) is 0 Å². The predicted octanol–water partition coefficient (Wildman–Crippen LogP) is 4.05. The topological polar surface area (TPSA) is 115 Å². The number of carbonyl (C=O) groups is 3. The van der Waals surface area contributed by atoms with E-state index in [1.54, 1.807) is 24.0 Å². The van der Waals surface area contributed by atoms with E-state index in [9.17, 15) is 45.8 Å². The Labute approximate surface area is 274 Å². The highest BCUT2D eigenvalue weighted by Gasteiger charge is 2.71. The Hall–Kier alpha value is -4.08. The van der Waals surface area contributed by atoms with Gasteiger partial charge in [0.15, 0.2) is 5.54 Å². The monoisotopic (exact) mass is 687 g/mol. The maximum absolute atomic E-state index is 13.6. The minimum Gasteiger partial charge on any atom is -0.489 e. The number of halogens is 6. The van der Waals surface area contributed by atoms with Gasteiger partial charge in [-0.1, -0.05) is 25.5 Å². The summed E-state index contributed by atoms with van der Waals surface area (Å²) in [6.45, 7) is 7.14. The van der Waals surface area contributed by atoms with Crippen LogP contribution in [-0.4, -0.2) is 95.3 Å². The van der Waals surface area contributed by atoms with Crippen LogP contribution in [0.4, 0.5) is 32.0 Å². The molecule has 1 atom stereocenters. The lowest BCUT2D eigenvalue weighted by molar-refractivity contribution is -0.376. The number of hydrogen-bond acceptors (Lipinski definition) is 7. The first-order valence-corrected chi connectivity index (χ1v) is 15.6. The number of nitrogens with one attached hydrogen (secondary N) is 1. The zero-order valence-electron chi connectivity index (χ0n) is 27.0. The number of nitrogens with zero attached hydrogens (tertiary/aromatic N) is 4. The van der Waals surface area contributed by atoms with E-state index in [1.807, 2.05) is 13.8 Å². The normalized spacial score (nSPS) is 19.8. The highest BCUT2D eigenvalue weighted by molar-refractivity contribution is 6.00. The molecule has 2 aromatic rings. The summed E-state index contributed by atoms with van der Waals surface area (Å²) in [6, 6.07) is 5.72. The van der Waals surface area contributed by atoms with E-state index in [4.69, 9.17) is 4.74 Å². The molecule has 48 heavy (non-hydrogen) atoms. The van der Waals surface area contributed by atoms with Gasteiger partial charge < -0.3 is 29.9 Å². The molecule has 0 saturated carbocycles. The molecule has 0 unspecified atom stereocenters. The second-order valence-corrected chi connectivity index (χ2v) is 12.4. The highest BCUT2D eigenvalue weighted by Crippen LogP contribution is 2.50. The Morgan fingerprint density at radius 3 is 2.31 bits per heavy atom. The van der Waals surface area contributed by atoms with Crippen LogP contribution >= 0.6 is 0 Å². The maximum atomic E-state index is 13.6. The van der Waals surface area contributed by atoms with Gasteiger partial charge in [-0.3, -0.25) is 19.4 Å². The summed E-state index contributed by atoms with van der Waals surface area (Å²) >= 11 is 0. The Morgan fingerprint density at radius 1 is 1.04 bits per heavy atom. The van der Waals surface area contributed by atoms with Gasteiger partial charge in [-0.25, -0.2) is 0 Å². The van der Waals surface area contributed by atoms with Crippen LogP contribution in [0.15, 0.2) is 36.5 Å². The SMILES string of the molecule is CCCc1cc(C(O)(C(F)(F)F)C(F)(F)F)ccc1N1CCCN(C(=O)CN2CC(=O)N[C@](C)(c3ccc(OC(C)C)cn3)C2=O)CC1. The first-order chi connectivity index (χ1) is 22.3. The highest BCUT2D eigenvalue weighted by atomic mass is 19.4. The average molecular weight is 688 g/mol. The van der Waals surface area contributed by atoms with E-state index in [0.717, 1.165) is 17.0 Å². The lowest BCUT2D eigenvalue weighted by Gasteiger charge is -2.39. The minimum absolute atomic E-state index is 0.0983. The Kier molecular flexibility index (Phi) is 10.6. The number of rotatable bonds is 9. The van der Waals surface area contributed by atoms with Gasteiger partial charge in [0, 0.05) is 37.4 Å². The summed E-state index contributed by atoms with van der Waals surface area (Å²) in [5.41, 5.74) is -7.03. The molecule has 2 fully saturated rings. The molecule has 0 aliphatic carbocycles. The number of amides is 3. The zero-order chi connectivity index (χ0) is 35.7. The molecule has 2 aliphatic heterocycles. The predicted molar refractivity (Wildman–Crippen MR) is 162 cm³/mol. The first-order valence-electron chi connectivity index (χ1n) is 15.6. The molecule has 0 radical (unpaired) electrons.